The molecule has 2 atom stereocenters. The van der Waals surface area contributed by atoms with Crippen molar-refractivity contribution in [2.24, 2.45) is 0 Å². The molecule has 2 aromatic rings. The third-order valence-electron chi connectivity index (χ3n) is 4.41. The molecule has 1 heterocycles. The van der Waals surface area contributed by atoms with Gasteiger partial charge in [-0.1, -0.05) is 42.5 Å². The fourth-order valence-corrected chi connectivity index (χ4v) is 2.93. The highest BCUT2D eigenvalue weighted by Gasteiger charge is 2.24. The Labute approximate surface area is 167 Å². The Morgan fingerprint density at radius 3 is 2.32 bits per heavy atom. The van der Waals surface area contributed by atoms with E-state index in [9.17, 15) is 9.90 Å². The molecule has 3 rings (SSSR count). The van der Waals surface area contributed by atoms with Gasteiger partial charge in [0, 0.05) is 12.5 Å². The molecule has 0 aliphatic carbocycles. The second-order valence-electron chi connectivity index (χ2n) is 7.84. The van der Waals surface area contributed by atoms with Gasteiger partial charge in [0.2, 0.25) is 0 Å². The van der Waals surface area contributed by atoms with Crippen molar-refractivity contribution in [3.63, 3.8) is 0 Å². The molecule has 2 N–H and O–H groups in total. The molecule has 1 aliphatic rings. The van der Waals surface area contributed by atoms with E-state index in [4.69, 9.17) is 4.74 Å². The number of hydrogen-bond donors (Lipinski definition) is 2. The summed E-state index contributed by atoms with van der Waals surface area (Å²) < 4.78 is 10.3. The summed E-state index contributed by atoms with van der Waals surface area (Å²) in [5.74, 6) is 1.10. The summed E-state index contributed by atoms with van der Waals surface area (Å²) in [7, 11) is 0. The highest BCUT2D eigenvalue weighted by molar-refractivity contribution is 5.37. The maximum Gasteiger partial charge on any atom is 0.293 e. The van der Waals surface area contributed by atoms with E-state index in [-0.39, 0.29) is 17.6 Å². The van der Waals surface area contributed by atoms with E-state index in [0.717, 1.165) is 24.3 Å². The number of rotatable bonds is 5. The number of aliphatic hydroxyl groups is 1. The summed E-state index contributed by atoms with van der Waals surface area (Å²) in [6, 6.07) is 18.3. The van der Waals surface area contributed by atoms with Gasteiger partial charge in [0.05, 0.1) is 6.10 Å². The molecule has 0 unspecified atom stereocenters. The Morgan fingerprint density at radius 1 is 1.11 bits per heavy atom. The minimum atomic E-state index is -0.318. The van der Waals surface area contributed by atoms with Gasteiger partial charge in [0.1, 0.15) is 18.0 Å². The Hall–Kier alpha value is -2.37. The molecule has 0 bridgehead atoms. The number of ether oxygens (including phenoxy) is 2. The van der Waals surface area contributed by atoms with E-state index < -0.39 is 0 Å². The molecule has 0 spiro atoms. The SMILES string of the molecule is CC(C)(C)OC=O.O[C@H]1CNCC[C@@H]1c1ccc(OCc2ccccc2)cc1. The fourth-order valence-electron chi connectivity index (χ4n) is 2.93. The van der Waals surface area contributed by atoms with Crippen LogP contribution < -0.4 is 10.1 Å². The summed E-state index contributed by atoms with van der Waals surface area (Å²) in [6.07, 6.45) is 0.681. The largest absolute Gasteiger partial charge is 0.489 e. The number of carbonyl (C=O) groups excluding carboxylic acids is 1. The number of nitrogens with one attached hydrogen (secondary N) is 1. The van der Waals surface area contributed by atoms with E-state index in [0.29, 0.717) is 19.6 Å². The molecule has 0 amide bonds. The number of carbonyl (C=O) groups is 1. The van der Waals surface area contributed by atoms with Crippen molar-refractivity contribution >= 4 is 6.47 Å². The Bertz CT molecular complexity index is 695. The Balaban J connectivity index is 0.000000345. The highest BCUT2D eigenvalue weighted by atomic mass is 16.5. The van der Waals surface area contributed by atoms with Gasteiger partial charge in [0.25, 0.3) is 6.47 Å². The standard InChI is InChI=1S/C18H21NO2.C5H10O2/c20-18-12-19-11-10-17(18)15-6-8-16(9-7-15)21-13-14-4-2-1-3-5-14;1-5(2,3)7-4-6/h1-9,17-20H,10-13H2;4H,1-3H3/t17-,18+;/m1./s1. The highest BCUT2D eigenvalue weighted by Crippen LogP contribution is 2.27. The summed E-state index contributed by atoms with van der Waals surface area (Å²) in [4.78, 5) is 9.60. The van der Waals surface area contributed by atoms with Crippen molar-refractivity contribution in [3.8, 4) is 5.75 Å². The number of benzene rings is 2. The van der Waals surface area contributed by atoms with Crippen LogP contribution in [0, 0.1) is 0 Å². The lowest BCUT2D eigenvalue weighted by Gasteiger charge is -2.28. The van der Waals surface area contributed by atoms with Crippen LogP contribution in [0.3, 0.4) is 0 Å². The van der Waals surface area contributed by atoms with Crippen LogP contribution in [0.25, 0.3) is 0 Å². The second-order valence-corrected chi connectivity index (χ2v) is 7.84. The van der Waals surface area contributed by atoms with Crippen molar-refractivity contribution in [1.82, 2.24) is 5.32 Å². The first-order valence-electron chi connectivity index (χ1n) is 9.66. The van der Waals surface area contributed by atoms with Crippen LogP contribution in [-0.2, 0) is 16.1 Å². The van der Waals surface area contributed by atoms with Gasteiger partial charge in [-0.05, 0) is 57.0 Å². The van der Waals surface area contributed by atoms with Crippen molar-refractivity contribution in [2.75, 3.05) is 13.1 Å². The van der Waals surface area contributed by atoms with E-state index in [2.05, 4.69) is 34.3 Å². The van der Waals surface area contributed by atoms with Crippen molar-refractivity contribution in [2.45, 2.75) is 51.4 Å². The summed E-state index contributed by atoms with van der Waals surface area (Å²) in [6.45, 7) is 8.14. The molecule has 1 aliphatic heterocycles. The molecule has 0 aromatic heterocycles. The maximum atomic E-state index is 10.0. The number of aliphatic hydroxyl groups excluding tert-OH is 1. The molecular weight excluding hydrogens is 354 g/mol. The number of β-amino-alcohol motifs (C(OH)–C–C–N with tert-alkyl or cyclic N) is 1. The van der Waals surface area contributed by atoms with E-state index in [1.807, 2.05) is 51.1 Å². The monoisotopic (exact) mass is 385 g/mol. The molecule has 28 heavy (non-hydrogen) atoms. The van der Waals surface area contributed by atoms with Gasteiger partial charge in [-0.15, -0.1) is 0 Å². The van der Waals surface area contributed by atoms with Crippen LogP contribution in [-0.4, -0.2) is 36.4 Å². The normalized spacial score (nSPS) is 19.1. The van der Waals surface area contributed by atoms with Gasteiger partial charge >= 0.3 is 0 Å². The lowest BCUT2D eigenvalue weighted by Crippen LogP contribution is -2.39. The zero-order chi connectivity index (χ0) is 20.4. The minimum Gasteiger partial charge on any atom is -0.489 e. The Kier molecular flexibility index (Phi) is 8.48. The Morgan fingerprint density at radius 2 is 1.79 bits per heavy atom. The van der Waals surface area contributed by atoms with Gasteiger partial charge in [-0.25, -0.2) is 0 Å². The number of hydrogen-bond acceptors (Lipinski definition) is 5. The van der Waals surface area contributed by atoms with Gasteiger partial charge in [-0.3, -0.25) is 4.79 Å². The van der Waals surface area contributed by atoms with Gasteiger partial charge in [0.15, 0.2) is 0 Å². The molecule has 152 valence electrons. The van der Waals surface area contributed by atoms with Crippen LogP contribution in [0.1, 0.15) is 44.2 Å². The van der Waals surface area contributed by atoms with E-state index in [1.165, 1.54) is 5.56 Å². The maximum absolute atomic E-state index is 10.0. The van der Waals surface area contributed by atoms with Crippen molar-refractivity contribution < 1.29 is 19.4 Å². The van der Waals surface area contributed by atoms with Gasteiger partial charge < -0.3 is 19.9 Å². The topological polar surface area (TPSA) is 67.8 Å². The second kappa shape index (κ2) is 10.8. The summed E-state index contributed by atoms with van der Waals surface area (Å²) in [5.41, 5.74) is 2.04. The zero-order valence-corrected chi connectivity index (χ0v) is 16.9. The first-order chi connectivity index (χ1) is 13.4. The fraction of sp³-hybridized carbons (Fsp3) is 0.435. The third-order valence-corrected chi connectivity index (χ3v) is 4.41. The lowest BCUT2D eigenvalue weighted by molar-refractivity contribution is -0.138. The quantitative estimate of drug-likeness (QED) is 0.769. The molecule has 5 nitrogen and oxygen atoms in total. The molecule has 0 radical (unpaired) electrons. The van der Waals surface area contributed by atoms with Crippen LogP contribution in [0.4, 0.5) is 0 Å². The predicted molar refractivity (Wildman–Crippen MR) is 110 cm³/mol. The number of piperidine rings is 1. The first kappa shape index (κ1) is 21.9. The molecule has 0 saturated carbocycles. The van der Waals surface area contributed by atoms with Gasteiger partial charge in [-0.2, -0.15) is 0 Å². The molecular formula is C23H31NO4. The van der Waals surface area contributed by atoms with Crippen LogP contribution in [0.5, 0.6) is 5.75 Å². The minimum absolute atomic E-state index is 0.231. The predicted octanol–water partition coefficient (Wildman–Crippen LogP) is 3.66. The summed E-state index contributed by atoms with van der Waals surface area (Å²) >= 11 is 0. The molecule has 1 saturated heterocycles. The average Bonchev–Trinajstić information content (AvgIpc) is 2.68. The molecule has 2 aromatic carbocycles. The van der Waals surface area contributed by atoms with Crippen LogP contribution >= 0.6 is 0 Å². The third kappa shape index (κ3) is 7.71. The lowest BCUT2D eigenvalue weighted by atomic mass is 9.88. The van der Waals surface area contributed by atoms with Crippen LogP contribution in [0.15, 0.2) is 54.6 Å². The summed E-state index contributed by atoms with van der Waals surface area (Å²) in [5, 5.41) is 13.3. The van der Waals surface area contributed by atoms with Crippen LogP contribution in [0.2, 0.25) is 0 Å². The zero-order valence-electron chi connectivity index (χ0n) is 16.9. The van der Waals surface area contributed by atoms with E-state index in [1.54, 1.807) is 0 Å². The smallest absolute Gasteiger partial charge is 0.293 e. The average molecular weight is 386 g/mol. The van der Waals surface area contributed by atoms with Crippen molar-refractivity contribution in [1.29, 1.82) is 0 Å². The molecule has 1 fully saturated rings. The van der Waals surface area contributed by atoms with Crippen molar-refractivity contribution in [3.05, 3.63) is 65.7 Å². The molecule has 5 heteroatoms. The first-order valence-corrected chi connectivity index (χ1v) is 9.66. The van der Waals surface area contributed by atoms with E-state index >= 15 is 0 Å².